The van der Waals surface area contributed by atoms with E-state index in [-0.39, 0.29) is 6.61 Å². The van der Waals surface area contributed by atoms with Gasteiger partial charge in [-0.05, 0) is 13.8 Å². The third-order valence-electron chi connectivity index (χ3n) is 1.86. The van der Waals surface area contributed by atoms with E-state index >= 15 is 0 Å². The van der Waals surface area contributed by atoms with Crippen molar-refractivity contribution in [3.8, 4) is 0 Å². The first-order valence-corrected chi connectivity index (χ1v) is 4.49. The number of aliphatic carboxylic acids is 1. The number of carbonyl (C=O) groups is 1. The molecule has 1 atom stereocenters. The van der Waals surface area contributed by atoms with E-state index in [2.05, 4.69) is 5.10 Å². The van der Waals surface area contributed by atoms with Crippen molar-refractivity contribution < 1.29 is 14.6 Å². The molecule has 0 amide bonds. The van der Waals surface area contributed by atoms with E-state index in [9.17, 15) is 4.79 Å². The van der Waals surface area contributed by atoms with Crippen LogP contribution < -0.4 is 0 Å². The topological polar surface area (TPSA) is 64.3 Å². The van der Waals surface area contributed by atoms with Gasteiger partial charge in [0, 0.05) is 18.3 Å². The predicted octanol–water partition coefficient (Wildman–Crippen LogP) is 0.893. The minimum absolute atomic E-state index is 0.285. The van der Waals surface area contributed by atoms with Crippen LogP contribution in [0.3, 0.4) is 0 Å². The molecule has 0 bridgehead atoms. The minimum Gasteiger partial charge on any atom is -0.479 e. The quantitative estimate of drug-likeness (QED) is 0.763. The number of carboxylic acid groups (broad SMARTS) is 1. The zero-order valence-electron chi connectivity index (χ0n) is 8.30. The van der Waals surface area contributed by atoms with Gasteiger partial charge in [0.15, 0.2) is 6.10 Å². The molecule has 5 heteroatoms. The van der Waals surface area contributed by atoms with E-state index < -0.39 is 12.1 Å². The molecular weight excluding hydrogens is 184 g/mol. The van der Waals surface area contributed by atoms with Crippen LogP contribution in [0.2, 0.25) is 0 Å². The molecule has 78 valence electrons. The zero-order valence-corrected chi connectivity index (χ0v) is 8.30. The summed E-state index contributed by atoms with van der Waals surface area (Å²) in [4.78, 5) is 10.4. The van der Waals surface area contributed by atoms with Gasteiger partial charge in [0.05, 0.1) is 12.8 Å². The van der Waals surface area contributed by atoms with Gasteiger partial charge in [0.2, 0.25) is 0 Å². The third-order valence-corrected chi connectivity index (χ3v) is 1.86. The van der Waals surface area contributed by atoms with Crippen LogP contribution in [0.5, 0.6) is 0 Å². The Bertz CT molecular complexity index is 309. The zero-order chi connectivity index (χ0) is 10.6. The van der Waals surface area contributed by atoms with Crippen LogP contribution in [0.15, 0.2) is 12.4 Å². The Kier molecular flexibility index (Phi) is 3.64. The molecule has 1 N–H and O–H groups in total. The molecular formula is C9H14N2O3. The van der Waals surface area contributed by atoms with Crippen LogP contribution in [-0.2, 0) is 22.7 Å². The summed E-state index contributed by atoms with van der Waals surface area (Å²) in [6.45, 7) is 4.58. The predicted molar refractivity (Wildman–Crippen MR) is 49.8 cm³/mol. The van der Waals surface area contributed by atoms with Crippen LogP contribution in [0.4, 0.5) is 0 Å². The van der Waals surface area contributed by atoms with Gasteiger partial charge in [-0.3, -0.25) is 4.68 Å². The largest absolute Gasteiger partial charge is 0.479 e. The number of rotatable bonds is 5. The van der Waals surface area contributed by atoms with Crippen molar-refractivity contribution in [2.75, 3.05) is 0 Å². The van der Waals surface area contributed by atoms with Gasteiger partial charge >= 0.3 is 5.97 Å². The lowest BCUT2D eigenvalue weighted by Crippen LogP contribution is -2.19. The van der Waals surface area contributed by atoms with Crippen molar-refractivity contribution in [3.05, 3.63) is 18.0 Å². The average molecular weight is 198 g/mol. The molecule has 0 saturated carbocycles. The van der Waals surface area contributed by atoms with Gasteiger partial charge in [-0.25, -0.2) is 4.79 Å². The highest BCUT2D eigenvalue weighted by molar-refractivity contribution is 5.71. The molecule has 1 aromatic heterocycles. The first-order valence-electron chi connectivity index (χ1n) is 4.49. The lowest BCUT2D eigenvalue weighted by Gasteiger charge is -2.05. The lowest BCUT2D eigenvalue weighted by atomic mass is 10.3. The van der Waals surface area contributed by atoms with Crippen molar-refractivity contribution in [1.29, 1.82) is 0 Å². The van der Waals surface area contributed by atoms with Crippen molar-refractivity contribution in [2.24, 2.45) is 0 Å². The second kappa shape index (κ2) is 4.76. The maximum Gasteiger partial charge on any atom is 0.332 e. The molecule has 14 heavy (non-hydrogen) atoms. The van der Waals surface area contributed by atoms with Crippen LogP contribution >= 0.6 is 0 Å². The fourth-order valence-corrected chi connectivity index (χ4v) is 0.946. The fourth-order valence-electron chi connectivity index (χ4n) is 0.946. The van der Waals surface area contributed by atoms with E-state index in [1.54, 1.807) is 10.9 Å². The minimum atomic E-state index is -0.951. The summed E-state index contributed by atoms with van der Waals surface area (Å²) < 4.78 is 6.86. The summed E-state index contributed by atoms with van der Waals surface area (Å²) in [5, 5.41) is 12.6. The van der Waals surface area contributed by atoms with Gasteiger partial charge in [-0.2, -0.15) is 5.10 Å². The summed E-state index contributed by atoms with van der Waals surface area (Å²) in [5.41, 5.74) is 0.889. The molecule has 0 aliphatic heterocycles. The van der Waals surface area contributed by atoms with Crippen molar-refractivity contribution in [3.63, 3.8) is 0 Å². The lowest BCUT2D eigenvalue weighted by molar-refractivity contribution is -0.149. The molecule has 0 fully saturated rings. The maximum absolute atomic E-state index is 10.4. The number of nitrogens with zero attached hydrogens (tertiary/aromatic N) is 2. The third kappa shape index (κ3) is 2.85. The van der Waals surface area contributed by atoms with E-state index in [0.29, 0.717) is 0 Å². The Morgan fingerprint density at radius 2 is 2.50 bits per heavy atom. The van der Waals surface area contributed by atoms with E-state index in [4.69, 9.17) is 9.84 Å². The molecule has 0 aliphatic rings. The number of hydrogen-bond donors (Lipinski definition) is 1. The molecule has 0 radical (unpaired) electrons. The van der Waals surface area contributed by atoms with Crippen molar-refractivity contribution >= 4 is 5.97 Å². The molecule has 0 saturated heterocycles. The van der Waals surface area contributed by atoms with Gasteiger partial charge in [-0.15, -0.1) is 0 Å². The van der Waals surface area contributed by atoms with Crippen molar-refractivity contribution in [1.82, 2.24) is 9.78 Å². The smallest absolute Gasteiger partial charge is 0.332 e. The molecule has 0 aliphatic carbocycles. The van der Waals surface area contributed by atoms with Crippen LogP contribution in [0, 0.1) is 0 Å². The highest BCUT2D eigenvalue weighted by Gasteiger charge is 2.11. The standard InChI is InChI=1S/C9H14N2O3/c1-3-11-5-8(4-10-11)6-14-7(2)9(12)13/h4-5,7H,3,6H2,1-2H3,(H,12,13)/t7-/m1/s1. The Balaban J connectivity index is 2.41. The first-order chi connectivity index (χ1) is 6.63. The number of aromatic nitrogens is 2. The van der Waals surface area contributed by atoms with Gasteiger partial charge < -0.3 is 9.84 Å². The molecule has 1 heterocycles. The number of hydrogen-bond acceptors (Lipinski definition) is 3. The second-order valence-corrected chi connectivity index (χ2v) is 3.00. The van der Waals surface area contributed by atoms with Crippen molar-refractivity contribution in [2.45, 2.75) is 33.1 Å². The molecule has 0 spiro atoms. The van der Waals surface area contributed by atoms with Gasteiger partial charge in [0.25, 0.3) is 0 Å². The summed E-state index contributed by atoms with van der Waals surface area (Å²) >= 11 is 0. The molecule has 5 nitrogen and oxygen atoms in total. The maximum atomic E-state index is 10.4. The number of ether oxygens (including phenoxy) is 1. The Labute approximate surface area is 82.3 Å². The SMILES string of the molecule is CCn1cc(CO[C@H](C)C(=O)O)cn1. The second-order valence-electron chi connectivity index (χ2n) is 3.00. The number of aryl methyl sites for hydroxylation is 1. The Morgan fingerprint density at radius 1 is 1.79 bits per heavy atom. The summed E-state index contributed by atoms with van der Waals surface area (Å²) in [7, 11) is 0. The normalized spacial score (nSPS) is 12.7. The highest BCUT2D eigenvalue weighted by atomic mass is 16.5. The first kappa shape index (κ1) is 10.7. The molecule has 0 unspecified atom stereocenters. The average Bonchev–Trinajstić information content (AvgIpc) is 2.61. The van der Waals surface area contributed by atoms with E-state index in [0.717, 1.165) is 12.1 Å². The van der Waals surface area contributed by atoms with Gasteiger partial charge in [-0.1, -0.05) is 0 Å². The fraction of sp³-hybridized carbons (Fsp3) is 0.556. The van der Waals surface area contributed by atoms with E-state index in [1.807, 2.05) is 13.1 Å². The van der Waals surface area contributed by atoms with Crippen LogP contribution in [-0.4, -0.2) is 27.0 Å². The van der Waals surface area contributed by atoms with Crippen LogP contribution in [0.1, 0.15) is 19.4 Å². The van der Waals surface area contributed by atoms with Crippen LogP contribution in [0.25, 0.3) is 0 Å². The Hall–Kier alpha value is -1.36. The molecule has 1 aromatic rings. The molecule has 0 aromatic carbocycles. The summed E-state index contributed by atoms with van der Waals surface area (Å²) in [6, 6.07) is 0. The van der Waals surface area contributed by atoms with E-state index in [1.165, 1.54) is 6.92 Å². The van der Waals surface area contributed by atoms with Gasteiger partial charge in [0.1, 0.15) is 0 Å². The summed E-state index contributed by atoms with van der Waals surface area (Å²) in [6.07, 6.45) is 2.74. The number of carboxylic acids is 1. The summed E-state index contributed by atoms with van der Waals surface area (Å²) in [5.74, 6) is -0.951. The molecule has 1 rings (SSSR count). The monoisotopic (exact) mass is 198 g/mol. The highest BCUT2D eigenvalue weighted by Crippen LogP contribution is 2.02. The Morgan fingerprint density at radius 3 is 3.00 bits per heavy atom.